The van der Waals surface area contributed by atoms with E-state index in [9.17, 15) is 18.8 Å². The average Bonchev–Trinajstić information content (AvgIpc) is 2.77. The maximum absolute atomic E-state index is 13.2. The third-order valence-corrected chi connectivity index (χ3v) is 4.50. The van der Waals surface area contributed by atoms with E-state index in [-0.39, 0.29) is 16.5 Å². The Bertz CT molecular complexity index is 1200. The predicted molar refractivity (Wildman–Crippen MR) is 119 cm³/mol. The van der Waals surface area contributed by atoms with Crippen molar-refractivity contribution in [3.63, 3.8) is 0 Å². The third kappa shape index (κ3) is 6.13. The molecule has 0 aliphatic heterocycles. The summed E-state index contributed by atoms with van der Waals surface area (Å²) in [6.07, 6.45) is 1.21. The van der Waals surface area contributed by atoms with Gasteiger partial charge < -0.3 is 10.1 Å². The number of nitrogens with zero attached hydrogens (tertiary/aromatic N) is 1. The molecule has 10 heteroatoms. The van der Waals surface area contributed by atoms with E-state index in [2.05, 4.69) is 15.8 Å². The number of carbonyl (C=O) groups is 3. The maximum Gasteiger partial charge on any atom is 0.343 e. The van der Waals surface area contributed by atoms with E-state index in [4.69, 9.17) is 27.9 Å². The van der Waals surface area contributed by atoms with Crippen molar-refractivity contribution in [3.05, 3.63) is 93.7 Å². The SMILES string of the molecule is O=C(N/N=C/c1ccccc1OC(=O)c1ccc(Cl)cc1)C(=O)Nc1ccc(F)c(Cl)c1. The summed E-state index contributed by atoms with van der Waals surface area (Å²) in [6, 6.07) is 16.1. The normalized spacial score (nSPS) is 10.6. The summed E-state index contributed by atoms with van der Waals surface area (Å²) in [5, 5.41) is 6.25. The summed E-state index contributed by atoms with van der Waals surface area (Å²) in [6.45, 7) is 0. The zero-order valence-corrected chi connectivity index (χ0v) is 17.7. The minimum absolute atomic E-state index is 0.139. The van der Waals surface area contributed by atoms with Crippen LogP contribution in [0, 0.1) is 5.82 Å². The molecule has 32 heavy (non-hydrogen) atoms. The molecule has 3 rings (SSSR count). The van der Waals surface area contributed by atoms with Gasteiger partial charge in [0.15, 0.2) is 0 Å². The molecular weight excluding hydrogens is 460 g/mol. The topological polar surface area (TPSA) is 96.9 Å². The van der Waals surface area contributed by atoms with E-state index in [1.807, 2.05) is 0 Å². The standard InChI is InChI=1S/C22H14Cl2FN3O4/c23-15-7-5-13(6-8-15)22(31)32-19-4-2-1-3-14(19)12-26-28-21(30)20(29)27-16-9-10-18(25)17(24)11-16/h1-12H,(H,27,29)(H,28,30)/b26-12+. The summed E-state index contributed by atoms with van der Waals surface area (Å²) in [7, 11) is 0. The Labute approximate surface area is 191 Å². The first-order valence-electron chi connectivity index (χ1n) is 8.99. The van der Waals surface area contributed by atoms with Crippen molar-refractivity contribution in [3.8, 4) is 5.75 Å². The second-order valence-electron chi connectivity index (χ2n) is 6.22. The molecule has 0 fully saturated rings. The van der Waals surface area contributed by atoms with Crippen LogP contribution >= 0.6 is 23.2 Å². The molecule has 0 unspecified atom stereocenters. The molecule has 3 aromatic carbocycles. The Hall–Kier alpha value is -3.75. The van der Waals surface area contributed by atoms with Gasteiger partial charge in [-0.25, -0.2) is 14.6 Å². The molecule has 0 radical (unpaired) electrons. The van der Waals surface area contributed by atoms with E-state index < -0.39 is 23.6 Å². The summed E-state index contributed by atoms with van der Waals surface area (Å²) in [5.74, 6) is -3.18. The number of benzene rings is 3. The zero-order chi connectivity index (χ0) is 23.1. The molecule has 0 saturated heterocycles. The molecule has 0 atom stereocenters. The van der Waals surface area contributed by atoms with Gasteiger partial charge in [0.05, 0.1) is 16.8 Å². The number of nitrogens with one attached hydrogen (secondary N) is 2. The van der Waals surface area contributed by atoms with E-state index >= 15 is 0 Å². The van der Waals surface area contributed by atoms with Crippen molar-refractivity contribution in [1.82, 2.24) is 5.43 Å². The number of anilines is 1. The number of halogens is 3. The van der Waals surface area contributed by atoms with Crippen LogP contribution in [0.15, 0.2) is 71.8 Å². The highest BCUT2D eigenvalue weighted by molar-refractivity contribution is 6.39. The summed E-state index contributed by atoms with van der Waals surface area (Å²) < 4.78 is 18.5. The Kier molecular flexibility index (Phi) is 7.54. The number of ether oxygens (including phenoxy) is 1. The molecule has 0 bridgehead atoms. The lowest BCUT2D eigenvalue weighted by Gasteiger charge is -2.07. The molecule has 2 N–H and O–H groups in total. The molecule has 0 aromatic heterocycles. The summed E-state index contributed by atoms with van der Waals surface area (Å²) in [4.78, 5) is 36.2. The van der Waals surface area contributed by atoms with Crippen molar-refractivity contribution in [1.29, 1.82) is 0 Å². The Morgan fingerprint density at radius 1 is 0.938 bits per heavy atom. The van der Waals surface area contributed by atoms with Gasteiger partial charge in [0.1, 0.15) is 11.6 Å². The van der Waals surface area contributed by atoms with Gasteiger partial charge in [-0.1, -0.05) is 35.3 Å². The van der Waals surface area contributed by atoms with Gasteiger partial charge in [0.25, 0.3) is 0 Å². The molecule has 0 aliphatic rings. The van der Waals surface area contributed by atoms with Crippen LogP contribution in [0.2, 0.25) is 10.0 Å². The van der Waals surface area contributed by atoms with Crippen LogP contribution in [0.25, 0.3) is 0 Å². The number of hydrogen-bond donors (Lipinski definition) is 2. The van der Waals surface area contributed by atoms with E-state index in [0.717, 1.165) is 12.1 Å². The van der Waals surface area contributed by atoms with Gasteiger partial charge in [-0.3, -0.25) is 9.59 Å². The first-order valence-corrected chi connectivity index (χ1v) is 9.75. The zero-order valence-electron chi connectivity index (χ0n) is 16.1. The monoisotopic (exact) mass is 473 g/mol. The predicted octanol–water partition coefficient (Wildman–Crippen LogP) is 4.44. The number of esters is 1. The lowest BCUT2D eigenvalue weighted by Crippen LogP contribution is -2.32. The lowest BCUT2D eigenvalue weighted by molar-refractivity contribution is -0.136. The van der Waals surface area contributed by atoms with Crippen LogP contribution in [0.5, 0.6) is 5.75 Å². The molecular formula is C22H14Cl2FN3O4. The minimum atomic E-state index is -1.07. The van der Waals surface area contributed by atoms with Gasteiger partial charge in [-0.05, 0) is 54.6 Å². The van der Waals surface area contributed by atoms with Crippen molar-refractivity contribution < 1.29 is 23.5 Å². The second-order valence-corrected chi connectivity index (χ2v) is 7.06. The number of rotatable bonds is 5. The fraction of sp³-hybridized carbons (Fsp3) is 0. The first-order chi connectivity index (χ1) is 15.3. The quantitative estimate of drug-likeness (QED) is 0.188. The number of hydrazone groups is 1. The number of amides is 2. The van der Waals surface area contributed by atoms with E-state index in [1.165, 1.54) is 24.4 Å². The molecule has 0 heterocycles. The van der Waals surface area contributed by atoms with Crippen LogP contribution in [0.4, 0.5) is 10.1 Å². The lowest BCUT2D eigenvalue weighted by atomic mass is 10.2. The summed E-state index contributed by atoms with van der Waals surface area (Å²) >= 11 is 11.4. The molecule has 2 amide bonds. The Morgan fingerprint density at radius 2 is 1.66 bits per heavy atom. The average molecular weight is 474 g/mol. The molecule has 0 saturated carbocycles. The fourth-order valence-corrected chi connectivity index (χ4v) is 2.70. The Morgan fingerprint density at radius 3 is 2.38 bits per heavy atom. The highest BCUT2D eigenvalue weighted by atomic mass is 35.5. The van der Waals surface area contributed by atoms with Crippen LogP contribution < -0.4 is 15.5 Å². The van der Waals surface area contributed by atoms with Gasteiger partial charge in [-0.15, -0.1) is 0 Å². The summed E-state index contributed by atoms with van der Waals surface area (Å²) in [5.41, 5.74) is 2.86. The third-order valence-electron chi connectivity index (χ3n) is 3.96. The van der Waals surface area contributed by atoms with Gasteiger partial charge in [0, 0.05) is 16.3 Å². The largest absolute Gasteiger partial charge is 0.422 e. The Balaban J connectivity index is 1.62. The van der Waals surface area contributed by atoms with Crippen molar-refractivity contribution in [2.75, 3.05) is 5.32 Å². The molecule has 7 nitrogen and oxygen atoms in total. The highest BCUT2D eigenvalue weighted by Gasteiger charge is 2.14. The number of carbonyl (C=O) groups excluding carboxylic acids is 3. The number of hydrogen-bond acceptors (Lipinski definition) is 5. The molecule has 162 valence electrons. The highest BCUT2D eigenvalue weighted by Crippen LogP contribution is 2.20. The fourth-order valence-electron chi connectivity index (χ4n) is 2.40. The minimum Gasteiger partial charge on any atom is -0.422 e. The van der Waals surface area contributed by atoms with E-state index in [1.54, 1.807) is 36.4 Å². The van der Waals surface area contributed by atoms with Crippen molar-refractivity contribution in [2.24, 2.45) is 5.10 Å². The van der Waals surface area contributed by atoms with E-state index in [0.29, 0.717) is 16.1 Å². The van der Waals surface area contributed by atoms with Crippen LogP contribution in [0.1, 0.15) is 15.9 Å². The van der Waals surface area contributed by atoms with Crippen LogP contribution in [-0.2, 0) is 9.59 Å². The smallest absolute Gasteiger partial charge is 0.343 e. The van der Waals surface area contributed by atoms with Gasteiger partial charge in [-0.2, -0.15) is 5.10 Å². The number of para-hydroxylation sites is 1. The van der Waals surface area contributed by atoms with Gasteiger partial charge >= 0.3 is 17.8 Å². The first kappa shape index (κ1) is 22.9. The van der Waals surface area contributed by atoms with Gasteiger partial charge in [0.2, 0.25) is 0 Å². The second kappa shape index (κ2) is 10.5. The van der Waals surface area contributed by atoms with Crippen molar-refractivity contribution in [2.45, 2.75) is 0 Å². The molecule has 0 spiro atoms. The molecule has 3 aromatic rings. The van der Waals surface area contributed by atoms with Crippen LogP contribution in [-0.4, -0.2) is 24.0 Å². The van der Waals surface area contributed by atoms with Crippen molar-refractivity contribution >= 4 is 52.9 Å². The van der Waals surface area contributed by atoms with Crippen LogP contribution in [0.3, 0.4) is 0 Å². The maximum atomic E-state index is 13.2. The molecule has 0 aliphatic carbocycles.